The van der Waals surface area contributed by atoms with Crippen LogP contribution in [0.2, 0.25) is 19.6 Å². The number of hydrogen-bond acceptors (Lipinski definition) is 0. The van der Waals surface area contributed by atoms with Gasteiger partial charge in [0.1, 0.15) is 0 Å². The van der Waals surface area contributed by atoms with E-state index in [1.165, 1.54) is 0 Å². The van der Waals surface area contributed by atoms with Crippen molar-refractivity contribution in [3.05, 3.63) is 41.5 Å². The van der Waals surface area contributed by atoms with Crippen LogP contribution in [0.3, 0.4) is 0 Å². The molecule has 0 N–H and O–H groups in total. The molecule has 0 amide bonds. The molecule has 0 aliphatic carbocycles. The lowest BCUT2D eigenvalue weighted by molar-refractivity contribution is 1.66. The Morgan fingerprint density at radius 3 is 2.67 bits per heavy atom. The van der Waals surface area contributed by atoms with Crippen LogP contribution in [-0.2, 0) is 0 Å². The van der Waals surface area contributed by atoms with Gasteiger partial charge in [-0.2, -0.15) is 0 Å². The predicted molar refractivity (Wildman–Crippen MR) is 58.8 cm³/mol. The number of benzene rings is 1. The van der Waals surface area contributed by atoms with Gasteiger partial charge in [0.15, 0.2) is 0 Å². The fraction of sp³-hybridized carbons (Fsp3) is 0.273. The standard InChI is InChI=1S/C11H16Si/c1-12(2,3)10-9-11-7-5-4-6-8-11/h4-10H,1-3H3/b10-9+/i7D,10D. The Bertz CT molecular complexity index is 351. The molecule has 0 unspecified atom stereocenters. The van der Waals surface area contributed by atoms with E-state index < -0.39 is 8.07 Å². The molecule has 0 aliphatic heterocycles. The molecule has 0 nitrogen and oxygen atoms in total. The van der Waals surface area contributed by atoms with E-state index in [0.717, 1.165) is 5.56 Å². The SMILES string of the molecule is [2H]/C(=C\c1ccccc1[2H])[Si](C)(C)C. The van der Waals surface area contributed by atoms with Crippen LogP contribution in [0.5, 0.6) is 0 Å². The van der Waals surface area contributed by atoms with Gasteiger partial charge in [-0.25, -0.2) is 0 Å². The molecule has 0 aliphatic rings. The van der Waals surface area contributed by atoms with Crippen LogP contribution in [0.15, 0.2) is 36.0 Å². The third-order valence-corrected chi connectivity index (χ3v) is 2.40. The highest BCUT2D eigenvalue weighted by Gasteiger charge is 2.06. The highest BCUT2D eigenvalue weighted by Crippen LogP contribution is 2.07. The minimum Gasteiger partial charge on any atom is -0.0944 e. The summed E-state index contributed by atoms with van der Waals surface area (Å²) in [6, 6.07) is 7.88. The Hall–Kier alpha value is -0.823. The second-order valence-electron chi connectivity index (χ2n) is 3.86. The first kappa shape index (κ1) is 6.67. The Kier molecular flexibility index (Phi) is 2.07. The molecule has 12 heavy (non-hydrogen) atoms. The molecule has 64 valence electrons. The Morgan fingerprint density at radius 2 is 2.08 bits per heavy atom. The van der Waals surface area contributed by atoms with Crippen LogP contribution < -0.4 is 0 Å². The van der Waals surface area contributed by atoms with E-state index in [1.807, 2.05) is 24.3 Å². The summed E-state index contributed by atoms with van der Waals surface area (Å²) in [6.45, 7) is 6.41. The van der Waals surface area contributed by atoms with Gasteiger partial charge in [0.2, 0.25) is 0 Å². The van der Waals surface area contributed by atoms with Gasteiger partial charge in [-0.1, -0.05) is 61.7 Å². The molecule has 0 radical (unpaired) electrons. The van der Waals surface area contributed by atoms with E-state index in [0.29, 0.717) is 11.7 Å². The minimum absolute atomic E-state index is 0.496. The molecule has 0 saturated carbocycles. The van der Waals surface area contributed by atoms with Crippen molar-refractivity contribution >= 4 is 14.1 Å². The second-order valence-corrected chi connectivity index (χ2v) is 8.65. The monoisotopic (exact) mass is 178 g/mol. The molecule has 1 rings (SSSR count). The molecule has 0 heterocycles. The smallest absolute Gasteiger partial charge is 0.0687 e. The van der Waals surface area contributed by atoms with Crippen molar-refractivity contribution in [2.45, 2.75) is 19.6 Å². The molecule has 0 aromatic heterocycles. The van der Waals surface area contributed by atoms with Gasteiger partial charge in [0.25, 0.3) is 0 Å². The van der Waals surface area contributed by atoms with Gasteiger partial charge in [-0.05, 0) is 5.56 Å². The molecule has 1 aromatic carbocycles. The highest BCUT2D eigenvalue weighted by atomic mass is 28.3. The van der Waals surface area contributed by atoms with Crippen LogP contribution in [0.25, 0.3) is 6.08 Å². The summed E-state index contributed by atoms with van der Waals surface area (Å²) < 4.78 is 15.6. The fourth-order valence-corrected chi connectivity index (χ4v) is 1.38. The van der Waals surface area contributed by atoms with Gasteiger partial charge in [-0.15, -0.1) is 0 Å². The van der Waals surface area contributed by atoms with Gasteiger partial charge in [0.05, 0.1) is 10.8 Å². The van der Waals surface area contributed by atoms with E-state index >= 15 is 0 Å². The average molecular weight is 178 g/mol. The van der Waals surface area contributed by atoms with Gasteiger partial charge >= 0.3 is 0 Å². The maximum atomic E-state index is 7.90. The molecular weight excluding hydrogens is 160 g/mol. The Morgan fingerprint density at radius 1 is 1.33 bits per heavy atom. The highest BCUT2D eigenvalue weighted by molar-refractivity contribution is 6.81. The summed E-state index contributed by atoms with van der Waals surface area (Å²) in [7, 11) is -1.52. The summed E-state index contributed by atoms with van der Waals surface area (Å²) in [6.07, 6.45) is 1.83. The van der Waals surface area contributed by atoms with Crippen LogP contribution in [0.1, 0.15) is 8.30 Å². The molecule has 0 saturated heterocycles. The summed E-state index contributed by atoms with van der Waals surface area (Å²) in [5.74, 6) is 0. The van der Waals surface area contributed by atoms with E-state index in [2.05, 4.69) is 19.6 Å². The summed E-state index contributed by atoms with van der Waals surface area (Å²) in [4.78, 5) is 0. The molecule has 0 bridgehead atoms. The van der Waals surface area contributed by atoms with Crippen molar-refractivity contribution in [3.63, 3.8) is 0 Å². The maximum absolute atomic E-state index is 7.90. The van der Waals surface area contributed by atoms with Gasteiger partial charge < -0.3 is 0 Å². The minimum atomic E-state index is -1.52. The van der Waals surface area contributed by atoms with Crippen molar-refractivity contribution in [3.8, 4) is 0 Å². The largest absolute Gasteiger partial charge is 0.0944 e. The third kappa shape index (κ3) is 3.53. The van der Waals surface area contributed by atoms with E-state index in [1.54, 1.807) is 6.07 Å². The molecule has 0 fully saturated rings. The zero-order valence-corrected chi connectivity index (χ0v) is 8.89. The maximum Gasteiger partial charge on any atom is 0.0687 e. The first-order valence-electron chi connectivity index (χ1n) is 5.15. The quantitative estimate of drug-likeness (QED) is 0.607. The zero-order chi connectivity index (χ0) is 10.8. The second kappa shape index (κ2) is 3.72. The lowest BCUT2D eigenvalue weighted by Gasteiger charge is -2.07. The topological polar surface area (TPSA) is 0 Å². The van der Waals surface area contributed by atoms with Crippen LogP contribution >= 0.6 is 0 Å². The molecule has 1 aromatic rings. The van der Waals surface area contributed by atoms with Gasteiger partial charge in [-0.3, -0.25) is 0 Å². The van der Waals surface area contributed by atoms with Crippen LogP contribution in [0, 0.1) is 0 Å². The summed E-state index contributed by atoms with van der Waals surface area (Å²) >= 11 is 0. The Labute approximate surface area is 78.8 Å². The first-order chi connectivity index (χ1) is 6.41. The van der Waals surface area contributed by atoms with E-state index in [9.17, 15) is 0 Å². The molecular formula is C11H16Si. The Balaban J connectivity index is 3.04. The van der Waals surface area contributed by atoms with E-state index in [4.69, 9.17) is 2.74 Å². The predicted octanol–water partition coefficient (Wildman–Crippen LogP) is 3.58. The third-order valence-electron chi connectivity index (χ3n) is 1.39. The number of rotatable bonds is 2. The molecule has 0 spiro atoms. The molecule has 1 heteroatoms. The van der Waals surface area contributed by atoms with Gasteiger partial charge in [0, 0.05) is 0 Å². The molecule has 0 atom stereocenters. The van der Waals surface area contributed by atoms with E-state index in [-0.39, 0.29) is 0 Å². The lowest BCUT2D eigenvalue weighted by atomic mass is 10.2. The van der Waals surface area contributed by atoms with Crippen molar-refractivity contribution in [1.82, 2.24) is 0 Å². The van der Waals surface area contributed by atoms with Crippen molar-refractivity contribution in [1.29, 1.82) is 0 Å². The number of hydrogen-bond donors (Lipinski definition) is 0. The van der Waals surface area contributed by atoms with Crippen molar-refractivity contribution in [2.75, 3.05) is 0 Å². The average Bonchev–Trinajstić information content (AvgIpc) is 2.07. The first-order valence-corrected chi connectivity index (χ1v) is 7.65. The lowest BCUT2D eigenvalue weighted by Crippen LogP contribution is -2.15. The fourth-order valence-electron chi connectivity index (χ4n) is 0.791. The van der Waals surface area contributed by atoms with Crippen LogP contribution in [-0.4, -0.2) is 8.07 Å². The summed E-state index contributed by atoms with van der Waals surface area (Å²) in [5.41, 5.74) is 1.54. The normalized spacial score (nSPS) is 15.4. The zero-order valence-electron chi connectivity index (χ0n) is 9.89. The summed E-state index contributed by atoms with van der Waals surface area (Å²) in [5, 5.41) is 0. The van der Waals surface area contributed by atoms with Crippen molar-refractivity contribution in [2.24, 2.45) is 0 Å². The van der Waals surface area contributed by atoms with Crippen LogP contribution in [0.4, 0.5) is 0 Å². The van der Waals surface area contributed by atoms with Crippen molar-refractivity contribution < 1.29 is 2.74 Å².